The van der Waals surface area contributed by atoms with E-state index in [1.165, 1.54) is 0 Å². The minimum Gasteiger partial charge on any atom is -0.481 e. The van der Waals surface area contributed by atoms with Gasteiger partial charge in [-0.25, -0.2) is 0 Å². The standard InChI is InChI=1S/C20H34O4/c1-2-3-6-9-17(21)14-12-16-13-15-19(22)18(16)10-7-4-5-8-11-20(23)24/h12,14,16-18,21H,2-11,13,15H2,1H3,(H,23,24). The Balaban J connectivity index is 2.28. The average Bonchev–Trinajstić information content (AvgIpc) is 2.89. The first-order valence-electron chi connectivity index (χ1n) is 9.65. The van der Waals surface area contributed by atoms with Gasteiger partial charge in [-0.3, -0.25) is 9.59 Å². The second-order valence-electron chi connectivity index (χ2n) is 7.07. The van der Waals surface area contributed by atoms with E-state index in [1.54, 1.807) is 0 Å². The zero-order valence-corrected chi connectivity index (χ0v) is 15.1. The SMILES string of the molecule is CCCCCC(O)C=CC1CCC(=O)C1CCCCCCC(=O)O. The van der Waals surface area contributed by atoms with Crippen molar-refractivity contribution in [1.29, 1.82) is 0 Å². The van der Waals surface area contributed by atoms with E-state index in [1.807, 2.05) is 6.08 Å². The highest BCUT2D eigenvalue weighted by Gasteiger charge is 2.32. The van der Waals surface area contributed by atoms with Crippen LogP contribution >= 0.6 is 0 Å². The average molecular weight is 338 g/mol. The summed E-state index contributed by atoms with van der Waals surface area (Å²) in [6.45, 7) is 2.15. The molecule has 0 bridgehead atoms. The van der Waals surface area contributed by atoms with Crippen LogP contribution in [0.5, 0.6) is 0 Å². The smallest absolute Gasteiger partial charge is 0.303 e. The first-order valence-corrected chi connectivity index (χ1v) is 9.65. The summed E-state index contributed by atoms with van der Waals surface area (Å²) in [6.07, 6.45) is 14.0. The Bertz CT molecular complexity index is 402. The second kappa shape index (κ2) is 12.2. The quantitative estimate of drug-likeness (QED) is 0.383. The van der Waals surface area contributed by atoms with Gasteiger partial charge in [-0.2, -0.15) is 0 Å². The Morgan fingerprint density at radius 2 is 1.96 bits per heavy atom. The molecular formula is C20H34O4. The predicted octanol–water partition coefficient (Wildman–Crippen LogP) is 4.50. The van der Waals surface area contributed by atoms with E-state index in [9.17, 15) is 14.7 Å². The normalized spacial score (nSPS) is 22.3. The minimum absolute atomic E-state index is 0.101. The van der Waals surface area contributed by atoms with Gasteiger partial charge in [-0.15, -0.1) is 0 Å². The maximum Gasteiger partial charge on any atom is 0.303 e. The van der Waals surface area contributed by atoms with E-state index in [0.717, 1.165) is 64.2 Å². The Morgan fingerprint density at radius 3 is 2.67 bits per heavy atom. The van der Waals surface area contributed by atoms with Crippen LogP contribution in [0, 0.1) is 11.8 Å². The van der Waals surface area contributed by atoms with Gasteiger partial charge >= 0.3 is 5.97 Å². The zero-order valence-electron chi connectivity index (χ0n) is 15.1. The van der Waals surface area contributed by atoms with E-state index >= 15 is 0 Å². The number of aliphatic carboxylic acids is 1. The molecule has 4 nitrogen and oxygen atoms in total. The first-order chi connectivity index (χ1) is 11.5. The highest BCUT2D eigenvalue weighted by molar-refractivity contribution is 5.83. The van der Waals surface area contributed by atoms with Crippen molar-refractivity contribution in [3.05, 3.63) is 12.2 Å². The molecule has 4 heteroatoms. The Labute approximate surface area is 146 Å². The van der Waals surface area contributed by atoms with E-state index < -0.39 is 5.97 Å². The van der Waals surface area contributed by atoms with Crippen molar-refractivity contribution in [2.45, 2.75) is 90.1 Å². The van der Waals surface area contributed by atoms with Gasteiger partial charge in [0.2, 0.25) is 0 Å². The number of unbranched alkanes of at least 4 members (excludes halogenated alkanes) is 5. The number of allylic oxidation sites excluding steroid dienone is 1. The third-order valence-corrected chi connectivity index (χ3v) is 4.99. The fourth-order valence-electron chi connectivity index (χ4n) is 3.50. The molecule has 24 heavy (non-hydrogen) atoms. The van der Waals surface area contributed by atoms with Crippen molar-refractivity contribution in [3.8, 4) is 0 Å². The van der Waals surface area contributed by atoms with Crippen LogP contribution in [0.2, 0.25) is 0 Å². The van der Waals surface area contributed by atoms with Crippen LogP contribution < -0.4 is 0 Å². The highest BCUT2D eigenvalue weighted by atomic mass is 16.4. The first kappa shape index (κ1) is 20.9. The fourth-order valence-corrected chi connectivity index (χ4v) is 3.50. The van der Waals surface area contributed by atoms with Crippen molar-refractivity contribution in [3.63, 3.8) is 0 Å². The van der Waals surface area contributed by atoms with Crippen LogP contribution in [0.4, 0.5) is 0 Å². The van der Waals surface area contributed by atoms with Crippen molar-refractivity contribution in [2.24, 2.45) is 11.8 Å². The molecular weight excluding hydrogens is 304 g/mol. The van der Waals surface area contributed by atoms with Crippen LogP contribution in [0.25, 0.3) is 0 Å². The molecule has 0 aromatic rings. The summed E-state index contributed by atoms with van der Waals surface area (Å²) in [7, 11) is 0. The molecule has 1 aliphatic rings. The summed E-state index contributed by atoms with van der Waals surface area (Å²) in [5.41, 5.74) is 0. The van der Waals surface area contributed by atoms with Gasteiger partial charge in [0.25, 0.3) is 0 Å². The van der Waals surface area contributed by atoms with Gasteiger partial charge in [0.15, 0.2) is 0 Å². The van der Waals surface area contributed by atoms with Gasteiger partial charge < -0.3 is 10.2 Å². The summed E-state index contributed by atoms with van der Waals surface area (Å²) < 4.78 is 0. The highest BCUT2D eigenvalue weighted by Crippen LogP contribution is 2.34. The number of aliphatic hydroxyl groups is 1. The number of Topliss-reactive ketones (excluding diaryl/α,β-unsaturated/α-hetero) is 1. The number of ketones is 1. The summed E-state index contributed by atoms with van der Waals surface area (Å²) in [6, 6.07) is 0. The molecule has 0 heterocycles. The molecule has 1 rings (SSSR count). The monoisotopic (exact) mass is 338 g/mol. The molecule has 0 aromatic carbocycles. The Morgan fingerprint density at radius 1 is 1.21 bits per heavy atom. The molecule has 1 fully saturated rings. The van der Waals surface area contributed by atoms with Gasteiger partial charge in [-0.1, -0.05) is 57.6 Å². The van der Waals surface area contributed by atoms with Crippen LogP contribution in [0.1, 0.15) is 84.0 Å². The molecule has 0 aliphatic heterocycles. The van der Waals surface area contributed by atoms with Crippen LogP contribution in [0.15, 0.2) is 12.2 Å². The number of carboxylic acids is 1. The molecule has 138 valence electrons. The van der Waals surface area contributed by atoms with E-state index in [0.29, 0.717) is 12.2 Å². The van der Waals surface area contributed by atoms with Gasteiger partial charge in [-0.05, 0) is 31.6 Å². The maximum absolute atomic E-state index is 12.1. The summed E-state index contributed by atoms with van der Waals surface area (Å²) >= 11 is 0. The van der Waals surface area contributed by atoms with Crippen LogP contribution in [-0.2, 0) is 9.59 Å². The predicted molar refractivity (Wildman–Crippen MR) is 95.8 cm³/mol. The lowest BCUT2D eigenvalue weighted by Crippen LogP contribution is -2.14. The summed E-state index contributed by atoms with van der Waals surface area (Å²) in [4.78, 5) is 22.5. The Hall–Kier alpha value is -1.16. The number of aliphatic hydroxyl groups excluding tert-OH is 1. The number of carbonyl (C=O) groups excluding carboxylic acids is 1. The number of carbonyl (C=O) groups is 2. The second-order valence-corrected chi connectivity index (χ2v) is 7.07. The molecule has 0 aromatic heterocycles. The zero-order chi connectivity index (χ0) is 17.8. The number of hydrogen-bond acceptors (Lipinski definition) is 3. The number of carboxylic acid groups (broad SMARTS) is 1. The lowest BCUT2D eigenvalue weighted by Gasteiger charge is -2.15. The Kier molecular flexibility index (Phi) is 10.6. The third kappa shape index (κ3) is 8.62. The van der Waals surface area contributed by atoms with E-state index in [4.69, 9.17) is 5.11 Å². The number of rotatable bonds is 13. The van der Waals surface area contributed by atoms with Crippen molar-refractivity contribution in [1.82, 2.24) is 0 Å². The van der Waals surface area contributed by atoms with E-state index in [2.05, 4.69) is 13.0 Å². The lowest BCUT2D eigenvalue weighted by atomic mass is 9.89. The van der Waals surface area contributed by atoms with Gasteiger partial charge in [0.1, 0.15) is 5.78 Å². The van der Waals surface area contributed by atoms with E-state index in [-0.39, 0.29) is 24.4 Å². The molecule has 3 unspecified atom stereocenters. The largest absolute Gasteiger partial charge is 0.481 e. The molecule has 0 spiro atoms. The summed E-state index contributed by atoms with van der Waals surface area (Å²) in [5, 5.41) is 18.6. The minimum atomic E-state index is -0.733. The fraction of sp³-hybridized carbons (Fsp3) is 0.800. The molecule has 3 atom stereocenters. The van der Waals surface area contributed by atoms with Crippen molar-refractivity contribution >= 4 is 11.8 Å². The maximum atomic E-state index is 12.1. The van der Waals surface area contributed by atoms with Gasteiger partial charge in [0, 0.05) is 18.8 Å². The molecule has 2 N–H and O–H groups in total. The lowest BCUT2D eigenvalue weighted by molar-refractivity contribution is -0.137. The van der Waals surface area contributed by atoms with Crippen LogP contribution in [0.3, 0.4) is 0 Å². The molecule has 0 saturated heterocycles. The topological polar surface area (TPSA) is 74.6 Å². The molecule has 1 aliphatic carbocycles. The summed E-state index contributed by atoms with van der Waals surface area (Å²) in [5.74, 6) is 0.000218. The van der Waals surface area contributed by atoms with Crippen molar-refractivity contribution < 1.29 is 19.8 Å². The third-order valence-electron chi connectivity index (χ3n) is 4.99. The number of hydrogen-bond donors (Lipinski definition) is 2. The van der Waals surface area contributed by atoms with Crippen LogP contribution in [-0.4, -0.2) is 28.1 Å². The van der Waals surface area contributed by atoms with Crippen molar-refractivity contribution in [2.75, 3.05) is 0 Å². The molecule has 0 amide bonds. The molecule has 0 radical (unpaired) electrons. The molecule has 1 saturated carbocycles. The van der Waals surface area contributed by atoms with Gasteiger partial charge in [0.05, 0.1) is 6.10 Å².